The first kappa shape index (κ1) is 11.9. The SMILES string of the molecule is CCC(OC)c1nc(C(C)C)cc(=O)[nH]1. The molecule has 0 saturated carbocycles. The molecule has 0 saturated heterocycles. The summed E-state index contributed by atoms with van der Waals surface area (Å²) in [5.41, 5.74) is 0.698. The van der Waals surface area contributed by atoms with Crippen LogP contribution in [0.2, 0.25) is 0 Å². The van der Waals surface area contributed by atoms with Crippen molar-refractivity contribution in [3.63, 3.8) is 0 Å². The molecule has 0 radical (unpaired) electrons. The molecule has 1 unspecified atom stereocenters. The van der Waals surface area contributed by atoms with E-state index < -0.39 is 0 Å². The summed E-state index contributed by atoms with van der Waals surface area (Å²) in [4.78, 5) is 18.5. The fraction of sp³-hybridized carbons (Fsp3) is 0.636. The van der Waals surface area contributed by atoms with Crippen molar-refractivity contribution in [2.45, 2.75) is 39.2 Å². The Bertz CT molecular complexity index is 367. The van der Waals surface area contributed by atoms with Crippen LogP contribution >= 0.6 is 0 Å². The number of methoxy groups -OCH3 is 1. The van der Waals surface area contributed by atoms with Gasteiger partial charge in [0.15, 0.2) is 0 Å². The zero-order chi connectivity index (χ0) is 11.4. The summed E-state index contributed by atoms with van der Waals surface area (Å²) < 4.78 is 5.24. The van der Waals surface area contributed by atoms with Gasteiger partial charge in [-0.15, -0.1) is 0 Å². The highest BCUT2D eigenvalue weighted by Gasteiger charge is 2.13. The third-order valence-electron chi connectivity index (χ3n) is 2.33. The molecule has 0 aliphatic rings. The van der Waals surface area contributed by atoms with Gasteiger partial charge in [-0.1, -0.05) is 20.8 Å². The Balaban J connectivity index is 3.13. The van der Waals surface area contributed by atoms with Gasteiger partial charge in [-0.3, -0.25) is 4.79 Å². The zero-order valence-corrected chi connectivity index (χ0v) is 9.70. The number of H-pyrrole nitrogens is 1. The Morgan fingerprint density at radius 3 is 2.67 bits per heavy atom. The van der Waals surface area contributed by atoms with Crippen molar-refractivity contribution in [2.75, 3.05) is 7.11 Å². The van der Waals surface area contributed by atoms with Gasteiger partial charge in [-0.25, -0.2) is 4.98 Å². The van der Waals surface area contributed by atoms with Crippen molar-refractivity contribution in [2.24, 2.45) is 0 Å². The molecular formula is C11H18N2O2. The minimum absolute atomic E-state index is 0.112. The van der Waals surface area contributed by atoms with Crippen molar-refractivity contribution >= 4 is 0 Å². The molecule has 15 heavy (non-hydrogen) atoms. The largest absolute Gasteiger partial charge is 0.374 e. The van der Waals surface area contributed by atoms with Gasteiger partial charge < -0.3 is 9.72 Å². The number of nitrogens with zero attached hydrogens (tertiary/aromatic N) is 1. The Hall–Kier alpha value is -1.16. The number of hydrogen-bond acceptors (Lipinski definition) is 3. The standard InChI is InChI=1S/C11H18N2O2/c1-5-9(15-4)11-12-8(7(2)3)6-10(14)13-11/h6-7,9H,5H2,1-4H3,(H,12,13,14). The molecule has 0 spiro atoms. The van der Waals surface area contributed by atoms with E-state index in [1.54, 1.807) is 7.11 Å². The van der Waals surface area contributed by atoms with E-state index in [1.165, 1.54) is 6.07 Å². The first-order valence-corrected chi connectivity index (χ1v) is 5.22. The van der Waals surface area contributed by atoms with E-state index in [9.17, 15) is 4.79 Å². The number of hydrogen-bond donors (Lipinski definition) is 1. The minimum atomic E-state index is -0.128. The summed E-state index contributed by atoms with van der Waals surface area (Å²) in [5, 5.41) is 0. The quantitative estimate of drug-likeness (QED) is 0.826. The van der Waals surface area contributed by atoms with E-state index in [4.69, 9.17) is 4.74 Å². The lowest BCUT2D eigenvalue weighted by atomic mass is 10.1. The third kappa shape index (κ3) is 2.89. The lowest BCUT2D eigenvalue weighted by Crippen LogP contribution is -2.17. The summed E-state index contributed by atoms with van der Waals surface area (Å²) in [6, 6.07) is 1.54. The molecule has 0 fully saturated rings. The summed E-state index contributed by atoms with van der Waals surface area (Å²) in [5.74, 6) is 0.872. The van der Waals surface area contributed by atoms with E-state index >= 15 is 0 Å². The minimum Gasteiger partial charge on any atom is -0.374 e. The lowest BCUT2D eigenvalue weighted by molar-refractivity contribution is 0.0921. The molecule has 1 heterocycles. The zero-order valence-electron chi connectivity index (χ0n) is 9.70. The van der Waals surface area contributed by atoms with E-state index in [-0.39, 0.29) is 17.6 Å². The van der Waals surface area contributed by atoms with E-state index in [0.717, 1.165) is 12.1 Å². The number of aromatic nitrogens is 2. The number of rotatable bonds is 4. The van der Waals surface area contributed by atoms with Crippen LogP contribution in [0.3, 0.4) is 0 Å². The first-order valence-electron chi connectivity index (χ1n) is 5.22. The summed E-state index contributed by atoms with van der Waals surface area (Å²) in [7, 11) is 1.62. The van der Waals surface area contributed by atoms with Crippen LogP contribution in [-0.2, 0) is 4.74 Å². The molecule has 1 atom stereocenters. The summed E-state index contributed by atoms with van der Waals surface area (Å²) in [6.45, 7) is 6.02. The third-order valence-corrected chi connectivity index (χ3v) is 2.33. The van der Waals surface area contributed by atoms with Gasteiger partial charge in [-0.05, 0) is 12.3 Å². The molecule has 0 bridgehead atoms. The highest BCUT2D eigenvalue weighted by Crippen LogP contribution is 2.17. The fourth-order valence-electron chi connectivity index (χ4n) is 1.42. The molecule has 1 aromatic rings. The Labute approximate surface area is 89.7 Å². The van der Waals surface area contributed by atoms with Crippen molar-refractivity contribution in [1.29, 1.82) is 0 Å². The molecule has 4 nitrogen and oxygen atoms in total. The van der Waals surface area contributed by atoms with E-state index in [0.29, 0.717) is 5.82 Å². The van der Waals surface area contributed by atoms with Crippen LogP contribution < -0.4 is 5.56 Å². The van der Waals surface area contributed by atoms with Crippen LogP contribution in [0.4, 0.5) is 0 Å². The number of nitrogens with one attached hydrogen (secondary N) is 1. The highest BCUT2D eigenvalue weighted by atomic mass is 16.5. The normalized spacial score (nSPS) is 13.1. The monoisotopic (exact) mass is 210 g/mol. The molecular weight excluding hydrogens is 192 g/mol. The average molecular weight is 210 g/mol. The van der Waals surface area contributed by atoms with Crippen LogP contribution in [0, 0.1) is 0 Å². The Morgan fingerprint density at radius 2 is 2.20 bits per heavy atom. The van der Waals surface area contributed by atoms with Crippen molar-refractivity contribution in [3.8, 4) is 0 Å². The number of ether oxygens (including phenoxy) is 1. The second kappa shape index (κ2) is 5.07. The molecule has 84 valence electrons. The topological polar surface area (TPSA) is 55.0 Å². The Kier molecular flexibility index (Phi) is 4.03. The predicted molar refractivity (Wildman–Crippen MR) is 59.0 cm³/mol. The van der Waals surface area contributed by atoms with Crippen LogP contribution in [0.5, 0.6) is 0 Å². The van der Waals surface area contributed by atoms with E-state index in [2.05, 4.69) is 9.97 Å². The van der Waals surface area contributed by atoms with Gasteiger partial charge in [0.25, 0.3) is 5.56 Å². The highest BCUT2D eigenvalue weighted by molar-refractivity contribution is 5.08. The maximum absolute atomic E-state index is 11.4. The van der Waals surface area contributed by atoms with Gasteiger partial charge in [0.2, 0.25) is 0 Å². The summed E-state index contributed by atoms with van der Waals surface area (Å²) >= 11 is 0. The van der Waals surface area contributed by atoms with Gasteiger partial charge >= 0.3 is 0 Å². The maximum atomic E-state index is 11.4. The molecule has 0 aromatic carbocycles. The number of aromatic amines is 1. The van der Waals surface area contributed by atoms with E-state index in [1.807, 2.05) is 20.8 Å². The van der Waals surface area contributed by atoms with Gasteiger partial charge in [-0.2, -0.15) is 0 Å². The molecule has 1 N–H and O–H groups in total. The van der Waals surface area contributed by atoms with Crippen molar-refractivity contribution in [3.05, 3.63) is 27.9 Å². The predicted octanol–water partition coefficient (Wildman–Crippen LogP) is 1.99. The molecule has 4 heteroatoms. The van der Waals surface area contributed by atoms with Crippen molar-refractivity contribution in [1.82, 2.24) is 9.97 Å². The fourth-order valence-corrected chi connectivity index (χ4v) is 1.42. The average Bonchev–Trinajstić information content (AvgIpc) is 2.18. The van der Waals surface area contributed by atoms with Crippen LogP contribution in [0.25, 0.3) is 0 Å². The van der Waals surface area contributed by atoms with Crippen LogP contribution in [-0.4, -0.2) is 17.1 Å². The summed E-state index contributed by atoms with van der Waals surface area (Å²) in [6.07, 6.45) is 0.664. The smallest absolute Gasteiger partial charge is 0.251 e. The van der Waals surface area contributed by atoms with Gasteiger partial charge in [0, 0.05) is 13.2 Å². The Morgan fingerprint density at radius 1 is 1.53 bits per heavy atom. The second-order valence-electron chi connectivity index (χ2n) is 3.84. The maximum Gasteiger partial charge on any atom is 0.251 e. The van der Waals surface area contributed by atoms with Crippen LogP contribution in [0.15, 0.2) is 10.9 Å². The van der Waals surface area contributed by atoms with Crippen molar-refractivity contribution < 1.29 is 4.74 Å². The molecule has 0 aliphatic carbocycles. The second-order valence-corrected chi connectivity index (χ2v) is 3.84. The molecule has 1 rings (SSSR count). The van der Waals surface area contributed by atoms with Crippen LogP contribution in [0.1, 0.15) is 50.7 Å². The lowest BCUT2D eigenvalue weighted by Gasteiger charge is -2.13. The molecule has 0 aliphatic heterocycles. The first-order chi connectivity index (χ1) is 7.08. The molecule has 0 amide bonds. The molecule has 1 aromatic heterocycles. The van der Waals surface area contributed by atoms with Gasteiger partial charge in [0.1, 0.15) is 11.9 Å². The van der Waals surface area contributed by atoms with Gasteiger partial charge in [0.05, 0.1) is 5.69 Å².